The Morgan fingerprint density at radius 2 is 2.23 bits per heavy atom. The van der Waals surface area contributed by atoms with Gasteiger partial charge < -0.3 is 15.1 Å². The summed E-state index contributed by atoms with van der Waals surface area (Å²) in [6, 6.07) is -0.0218. The lowest BCUT2D eigenvalue weighted by Gasteiger charge is -2.30. The molecule has 0 aromatic heterocycles. The van der Waals surface area contributed by atoms with Gasteiger partial charge in [-0.1, -0.05) is 6.58 Å². The molecule has 1 aliphatic rings. The maximum Gasteiger partial charge on any atom is 0.141 e. The summed E-state index contributed by atoms with van der Waals surface area (Å²) in [7, 11) is 0. The number of aliphatic hydroxyl groups is 2. The molecule has 1 atom stereocenters. The summed E-state index contributed by atoms with van der Waals surface area (Å²) in [4.78, 5) is 1.82. The molecule has 1 unspecified atom stereocenters. The number of rotatable bonds is 2. The van der Waals surface area contributed by atoms with E-state index in [-0.39, 0.29) is 18.4 Å². The second-order valence-electron chi connectivity index (χ2n) is 3.21. The zero-order chi connectivity index (χ0) is 10.0. The molecule has 2 N–H and O–H groups in total. The van der Waals surface area contributed by atoms with E-state index in [2.05, 4.69) is 6.58 Å². The molecule has 0 saturated carbocycles. The van der Waals surface area contributed by atoms with Gasteiger partial charge in [-0.3, -0.25) is 0 Å². The molecule has 0 spiro atoms. The zero-order valence-corrected chi connectivity index (χ0v) is 7.99. The Balaban J connectivity index is 2.91. The van der Waals surface area contributed by atoms with Crippen molar-refractivity contribution in [3.05, 3.63) is 35.9 Å². The summed E-state index contributed by atoms with van der Waals surface area (Å²) in [5.74, 6) is 0.197. The van der Waals surface area contributed by atoms with Gasteiger partial charge in [-0.05, 0) is 19.9 Å². The Bertz CT molecular complexity index is 279. The molecular weight excluding hydrogens is 166 g/mol. The quantitative estimate of drug-likeness (QED) is 0.679. The molecule has 1 aliphatic heterocycles. The molecule has 0 aromatic carbocycles. The molecule has 0 fully saturated rings. The summed E-state index contributed by atoms with van der Waals surface area (Å²) in [6.07, 6.45) is 3.55. The largest absolute Gasteiger partial charge is 0.506 e. The van der Waals surface area contributed by atoms with Crippen molar-refractivity contribution in [2.75, 3.05) is 6.61 Å². The predicted octanol–water partition coefficient (Wildman–Crippen LogP) is 1.54. The van der Waals surface area contributed by atoms with Crippen molar-refractivity contribution in [1.82, 2.24) is 4.90 Å². The molecule has 0 radical (unpaired) electrons. The smallest absolute Gasteiger partial charge is 0.141 e. The summed E-state index contributed by atoms with van der Waals surface area (Å²) >= 11 is 0. The van der Waals surface area contributed by atoms with Crippen molar-refractivity contribution < 1.29 is 10.2 Å². The SMILES string of the molecule is C=C1C=CN(C(C)CO)C(C)=C1O. The van der Waals surface area contributed by atoms with Gasteiger partial charge in [-0.2, -0.15) is 0 Å². The summed E-state index contributed by atoms with van der Waals surface area (Å²) in [5.41, 5.74) is 1.34. The molecule has 0 aromatic rings. The minimum Gasteiger partial charge on any atom is -0.506 e. The first-order chi connectivity index (χ1) is 6.07. The van der Waals surface area contributed by atoms with Crippen LogP contribution in [0.4, 0.5) is 0 Å². The van der Waals surface area contributed by atoms with E-state index in [1.165, 1.54) is 0 Å². The highest BCUT2D eigenvalue weighted by Gasteiger charge is 2.18. The van der Waals surface area contributed by atoms with E-state index in [0.717, 1.165) is 5.70 Å². The maximum absolute atomic E-state index is 9.57. The van der Waals surface area contributed by atoms with Crippen LogP contribution in [0.2, 0.25) is 0 Å². The Hall–Kier alpha value is -1.22. The molecule has 0 bridgehead atoms. The lowest BCUT2D eigenvalue weighted by molar-refractivity contribution is 0.193. The first kappa shape index (κ1) is 9.86. The fraction of sp³-hybridized carbons (Fsp3) is 0.400. The molecule has 3 nitrogen and oxygen atoms in total. The Morgan fingerprint density at radius 3 is 2.77 bits per heavy atom. The highest BCUT2D eigenvalue weighted by molar-refractivity contribution is 5.39. The van der Waals surface area contributed by atoms with Gasteiger partial charge >= 0.3 is 0 Å². The molecule has 0 saturated heterocycles. The van der Waals surface area contributed by atoms with Gasteiger partial charge in [-0.15, -0.1) is 0 Å². The second kappa shape index (κ2) is 3.66. The minimum absolute atomic E-state index is 0.0218. The number of hydrogen-bond acceptors (Lipinski definition) is 3. The Labute approximate surface area is 78.3 Å². The van der Waals surface area contributed by atoms with E-state index < -0.39 is 0 Å². The van der Waals surface area contributed by atoms with Gasteiger partial charge in [0.1, 0.15) is 5.76 Å². The molecule has 1 heterocycles. The van der Waals surface area contributed by atoms with E-state index in [1.807, 2.05) is 18.0 Å². The first-order valence-electron chi connectivity index (χ1n) is 4.24. The monoisotopic (exact) mass is 181 g/mol. The van der Waals surface area contributed by atoms with Gasteiger partial charge in [0, 0.05) is 11.8 Å². The second-order valence-corrected chi connectivity index (χ2v) is 3.21. The third kappa shape index (κ3) is 1.75. The molecule has 13 heavy (non-hydrogen) atoms. The summed E-state index contributed by atoms with van der Waals surface area (Å²) in [5, 5.41) is 18.5. The zero-order valence-electron chi connectivity index (χ0n) is 7.99. The van der Waals surface area contributed by atoms with Crippen molar-refractivity contribution in [1.29, 1.82) is 0 Å². The number of allylic oxidation sites excluding steroid dienone is 2. The molecule has 0 aliphatic carbocycles. The van der Waals surface area contributed by atoms with E-state index >= 15 is 0 Å². The number of aliphatic hydroxyl groups excluding tert-OH is 2. The van der Waals surface area contributed by atoms with E-state index in [9.17, 15) is 5.11 Å². The summed E-state index contributed by atoms with van der Waals surface area (Å²) in [6.45, 7) is 7.42. The molecule has 0 amide bonds. The molecule has 72 valence electrons. The molecular formula is C10H15NO2. The maximum atomic E-state index is 9.57. The van der Waals surface area contributed by atoms with Gasteiger partial charge in [0.15, 0.2) is 0 Å². The van der Waals surface area contributed by atoms with Crippen LogP contribution >= 0.6 is 0 Å². The highest BCUT2D eigenvalue weighted by Crippen LogP contribution is 2.22. The van der Waals surface area contributed by atoms with Crippen molar-refractivity contribution in [2.24, 2.45) is 0 Å². The van der Waals surface area contributed by atoms with E-state index in [0.29, 0.717) is 5.57 Å². The van der Waals surface area contributed by atoms with Gasteiger partial charge in [-0.25, -0.2) is 0 Å². The van der Waals surface area contributed by atoms with Gasteiger partial charge in [0.25, 0.3) is 0 Å². The highest BCUT2D eigenvalue weighted by atomic mass is 16.3. The van der Waals surface area contributed by atoms with Crippen LogP contribution in [0.25, 0.3) is 0 Å². The average Bonchev–Trinajstić information content (AvgIpc) is 2.13. The number of hydrogen-bond donors (Lipinski definition) is 2. The first-order valence-corrected chi connectivity index (χ1v) is 4.24. The lowest BCUT2D eigenvalue weighted by atomic mass is 10.1. The Morgan fingerprint density at radius 1 is 1.62 bits per heavy atom. The third-order valence-electron chi connectivity index (χ3n) is 2.21. The van der Waals surface area contributed by atoms with Crippen molar-refractivity contribution in [2.45, 2.75) is 19.9 Å². The normalized spacial score (nSPS) is 19.6. The minimum atomic E-state index is -0.0218. The third-order valence-corrected chi connectivity index (χ3v) is 2.21. The lowest BCUT2D eigenvalue weighted by Crippen LogP contribution is -2.31. The average molecular weight is 181 g/mol. The summed E-state index contributed by atoms with van der Waals surface area (Å²) < 4.78 is 0. The number of nitrogens with zero attached hydrogens (tertiary/aromatic N) is 1. The van der Waals surface area contributed by atoms with Crippen molar-refractivity contribution in [3.63, 3.8) is 0 Å². The van der Waals surface area contributed by atoms with Gasteiger partial charge in [0.05, 0.1) is 18.3 Å². The fourth-order valence-corrected chi connectivity index (χ4v) is 1.28. The van der Waals surface area contributed by atoms with Crippen LogP contribution in [0.1, 0.15) is 13.8 Å². The predicted molar refractivity (Wildman–Crippen MR) is 52.0 cm³/mol. The van der Waals surface area contributed by atoms with Crippen LogP contribution in [0, 0.1) is 0 Å². The Kier molecular flexibility index (Phi) is 2.78. The molecule has 1 rings (SSSR count). The van der Waals surface area contributed by atoms with Crippen LogP contribution in [-0.4, -0.2) is 27.8 Å². The van der Waals surface area contributed by atoms with Crippen molar-refractivity contribution in [3.8, 4) is 0 Å². The van der Waals surface area contributed by atoms with E-state index in [1.54, 1.807) is 13.0 Å². The van der Waals surface area contributed by atoms with Crippen LogP contribution in [0.3, 0.4) is 0 Å². The van der Waals surface area contributed by atoms with Crippen LogP contribution < -0.4 is 0 Å². The van der Waals surface area contributed by atoms with Crippen LogP contribution in [0.5, 0.6) is 0 Å². The fourth-order valence-electron chi connectivity index (χ4n) is 1.28. The molecule has 3 heteroatoms. The topological polar surface area (TPSA) is 43.7 Å². The van der Waals surface area contributed by atoms with Crippen LogP contribution in [-0.2, 0) is 0 Å². The van der Waals surface area contributed by atoms with E-state index in [4.69, 9.17) is 5.11 Å². The van der Waals surface area contributed by atoms with Crippen molar-refractivity contribution >= 4 is 0 Å². The van der Waals surface area contributed by atoms with Crippen LogP contribution in [0.15, 0.2) is 35.9 Å². The standard InChI is InChI=1S/C10H15NO2/c1-7-4-5-11(8(2)6-12)9(3)10(7)13/h4-5,8,12-13H,1,6H2,2-3H3. The van der Waals surface area contributed by atoms with Gasteiger partial charge in [0.2, 0.25) is 0 Å².